The van der Waals surface area contributed by atoms with Crippen LogP contribution >= 0.6 is 31.9 Å². The van der Waals surface area contributed by atoms with Gasteiger partial charge in [-0.25, -0.2) is 4.79 Å². The summed E-state index contributed by atoms with van der Waals surface area (Å²) in [6.07, 6.45) is 0. The van der Waals surface area contributed by atoms with E-state index in [-0.39, 0.29) is 22.6 Å². The van der Waals surface area contributed by atoms with Crippen molar-refractivity contribution in [1.29, 1.82) is 0 Å². The quantitative estimate of drug-likeness (QED) is 0.622. The molecule has 0 fully saturated rings. The number of carbonyl (C=O) groups excluding carboxylic acids is 1. The molecule has 0 aliphatic rings. The Bertz CT molecular complexity index is 792. The lowest BCUT2D eigenvalue weighted by molar-refractivity contribution is 0.0693. The third-order valence-electron chi connectivity index (χ3n) is 2.94. The molecule has 0 spiro atoms. The van der Waals surface area contributed by atoms with Gasteiger partial charge in [-0.15, -0.1) is 0 Å². The number of ether oxygens (including phenoxy) is 1. The summed E-state index contributed by atoms with van der Waals surface area (Å²) in [5.74, 6) is -1.80. The molecule has 3 N–H and O–H groups in total. The second-order valence-electron chi connectivity index (χ2n) is 4.46. The largest absolute Gasteiger partial charge is 0.507 e. The van der Waals surface area contributed by atoms with E-state index in [1.807, 2.05) is 0 Å². The van der Waals surface area contributed by atoms with Gasteiger partial charge in [-0.1, -0.05) is 15.9 Å². The number of aromatic carboxylic acids is 1. The Morgan fingerprint density at radius 2 is 1.83 bits per heavy atom. The number of carboxylic acids is 1. The Balaban J connectivity index is 2.37. The van der Waals surface area contributed by atoms with Crippen LogP contribution in [0.5, 0.6) is 11.5 Å². The van der Waals surface area contributed by atoms with Crippen LogP contribution in [0.4, 0.5) is 5.69 Å². The maximum absolute atomic E-state index is 12.4. The van der Waals surface area contributed by atoms with Gasteiger partial charge in [-0.3, -0.25) is 4.79 Å². The maximum atomic E-state index is 12.4. The van der Waals surface area contributed by atoms with Gasteiger partial charge in [0.15, 0.2) is 0 Å². The van der Waals surface area contributed by atoms with E-state index < -0.39 is 11.9 Å². The lowest BCUT2D eigenvalue weighted by Gasteiger charge is -2.12. The summed E-state index contributed by atoms with van der Waals surface area (Å²) in [5, 5.41) is 21.1. The van der Waals surface area contributed by atoms with Crippen molar-refractivity contribution in [3.63, 3.8) is 0 Å². The number of amides is 1. The highest BCUT2D eigenvalue weighted by atomic mass is 79.9. The van der Waals surface area contributed by atoms with Crippen molar-refractivity contribution in [3.05, 3.63) is 50.4 Å². The average molecular weight is 445 g/mol. The Kier molecular flexibility index (Phi) is 5.27. The van der Waals surface area contributed by atoms with Crippen molar-refractivity contribution >= 4 is 49.4 Å². The molecule has 0 aliphatic heterocycles. The van der Waals surface area contributed by atoms with Gasteiger partial charge in [-0.2, -0.15) is 0 Å². The number of carbonyl (C=O) groups is 2. The zero-order valence-corrected chi connectivity index (χ0v) is 14.9. The molecule has 0 bridgehead atoms. The molecule has 1 amide bonds. The fourth-order valence-corrected chi connectivity index (χ4v) is 3.31. The normalized spacial score (nSPS) is 10.2. The monoisotopic (exact) mass is 443 g/mol. The van der Waals surface area contributed by atoms with E-state index in [4.69, 9.17) is 9.84 Å². The minimum absolute atomic E-state index is 0.239. The van der Waals surface area contributed by atoms with Crippen LogP contribution in [-0.2, 0) is 0 Å². The van der Waals surface area contributed by atoms with E-state index in [1.54, 1.807) is 12.1 Å². The first-order valence-electron chi connectivity index (χ1n) is 6.24. The highest BCUT2D eigenvalue weighted by Crippen LogP contribution is 2.33. The van der Waals surface area contributed by atoms with Crippen LogP contribution in [-0.4, -0.2) is 29.2 Å². The SMILES string of the molecule is COc1c(Br)cc(Br)cc1C(=O)Nc1ccc(O)c(C(=O)O)c1. The molecule has 0 radical (unpaired) electrons. The van der Waals surface area contributed by atoms with E-state index in [1.165, 1.54) is 25.3 Å². The predicted molar refractivity (Wildman–Crippen MR) is 91.4 cm³/mol. The van der Waals surface area contributed by atoms with Crippen LogP contribution in [0.15, 0.2) is 39.3 Å². The standard InChI is InChI=1S/C15H11Br2NO5/c1-23-13-10(4-7(16)5-11(13)17)14(20)18-8-2-3-12(19)9(6-8)15(21)22/h2-6,19H,1H3,(H,18,20)(H,21,22). The number of nitrogens with one attached hydrogen (secondary N) is 1. The Morgan fingerprint density at radius 3 is 2.43 bits per heavy atom. The lowest BCUT2D eigenvalue weighted by atomic mass is 10.1. The summed E-state index contributed by atoms with van der Waals surface area (Å²) in [6, 6.07) is 7.09. The topological polar surface area (TPSA) is 95.9 Å². The van der Waals surface area contributed by atoms with Crippen LogP contribution in [0.1, 0.15) is 20.7 Å². The number of anilines is 1. The molecule has 0 atom stereocenters. The summed E-state index contributed by atoms with van der Waals surface area (Å²) >= 11 is 6.60. The zero-order chi connectivity index (χ0) is 17.1. The van der Waals surface area contributed by atoms with Crippen molar-refractivity contribution in [1.82, 2.24) is 0 Å². The minimum Gasteiger partial charge on any atom is -0.507 e. The molecule has 0 saturated heterocycles. The number of benzene rings is 2. The fraction of sp³-hybridized carbons (Fsp3) is 0.0667. The molecule has 6 nitrogen and oxygen atoms in total. The third kappa shape index (κ3) is 3.83. The van der Waals surface area contributed by atoms with Crippen LogP contribution in [0.25, 0.3) is 0 Å². The summed E-state index contributed by atoms with van der Waals surface area (Å²) in [4.78, 5) is 23.4. The van der Waals surface area contributed by atoms with Crippen LogP contribution < -0.4 is 10.1 Å². The van der Waals surface area contributed by atoms with Gasteiger partial charge in [0.05, 0.1) is 17.1 Å². The number of halogens is 2. The number of methoxy groups -OCH3 is 1. The van der Waals surface area contributed by atoms with Gasteiger partial charge in [-0.05, 0) is 46.3 Å². The predicted octanol–water partition coefficient (Wildman–Crippen LogP) is 3.88. The van der Waals surface area contributed by atoms with Crippen molar-refractivity contribution in [2.75, 3.05) is 12.4 Å². The number of rotatable bonds is 4. The number of phenols is 1. The molecule has 8 heteroatoms. The maximum Gasteiger partial charge on any atom is 0.339 e. The third-order valence-corrected chi connectivity index (χ3v) is 3.99. The summed E-state index contributed by atoms with van der Waals surface area (Å²) < 4.78 is 6.48. The van der Waals surface area contributed by atoms with Crippen LogP contribution in [0.2, 0.25) is 0 Å². The molecule has 0 aliphatic carbocycles. The molecule has 0 aromatic heterocycles. The van der Waals surface area contributed by atoms with E-state index in [0.717, 1.165) is 0 Å². The second kappa shape index (κ2) is 7.01. The fourth-order valence-electron chi connectivity index (χ4n) is 1.92. The number of hydrogen-bond donors (Lipinski definition) is 3. The van der Waals surface area contributed by atoms with Crippen molar-refractivity contribution in [3.8, 4) is 11.5 Å². The molecule has 2 rings (SSSR count). The first-order chi connectivity index (χ1) is 10.8. The van der Waals surface area contributed by atoms with E-state index in [2.05, 4.69) is 37.2 Å². The highest BCUT2D eigenvalue weighted by Gasteiger charge is 2.18. The smallest absolute Gasteiger partial charge is 0.339 e. The van der Waals surface area contributed by atoms with Gasteiger partial charge in [0.1, 0.15) is 17.1 Å². The molecule has 2 aromatic rings. The first kappa shape index (κ1) is 17.3. The molecule has 120 valence electrons. The average Bonchev–Trinajstić information content (AvgIpc) is 2.48. The second-order valence-corrected chi connectivity index (χ2v) is 6.23. The van der Waals surface area contributed by atoms with Crippen LogP contribution in [0, 0.1) is 0 Å². The van der Waals surface area contributed by atoms with Crippen LogP contribution in [0.3, 0.4) is 0 Å². The minimum atomic E-state index is -1.29. The molecular formula is C15H11Br2NO5. The number of carboxylic acid groups (broad SMARTS) is 1. The summed E-state index contributed by atoms with van der Waals surface area (Å²) in [5.41, 5.74) is 0.201. The molecule has 2 aromatic carbocycles. The molecular weight excluding hydrogens is 434 g/mol. The number of aromatic hydroxyl groups is 1. The van der Waals surface area contributed by atoms with Crippen molar-refractivity contribution in [2.24, 2.45) is 0 Å². The Morgan fingerprint density at radius 1 is 1.13 bits per heavy atom. The molecule has 0 saturated carbocycles. The molecule has 0 unspecified atom stereocenters. The number of hydrogen-bond acceptors (Lipinski definition) is 4. The van der Waals surface area contributed by atoms with Gasteiger partial charge >= 0.3 is 5.97 Å². The Hall–Kier alpha value is -2.06. The van der Waals surface area contributed by atoms with Gasteiger partial charge < -0.3 is 20.3 Å². The first-order valence-corrected chi connectivity index (χ1v) is 7.82. The summed E-state index contributed by atoms with van der Waals surface area (Å²) in [7, 11) is 1.44. The van der Waals surface area contributed by atoms with E-state index in [0.29, 0.717) is 14.7 Å². The van der Waals surface area contributed by atoms with Gasteiger partial charge in [0.2, 0.25) is 0 Å². The van der Waals surface area contributed by atoms with E-state index in [9.17, 15) is 14.7 Å². The van der Waals surface area contributed by atoms with Crippen molar-refractivity contribution < 1.29 is 24.5 Å². The van der Waals surface area contributed by atoms with Gasteiger partial charge in [0.25, 0.3) is 5.91 Å². The lowest BCUT2D eigenvalue weighted by Crippen LogP contribution is -2.14. The highest BCUT2D eigenvalue weighted by molar-refractivity contribution is 9.11. The molecule has 23 heavy (non-hydrogen) atoms. The summed E-state index contributed by atoms with van der Waals surface area (Å²) in [6.45, 7) is 0. The molecule has 0 heterocycles. The van der Waals surface area contributed by atoms with E-state index >= 15 is 0 Å². The van der Waals surface area contributed by atoms with Gasteiger partial charge in [0, 0.05) is 10.2 Å². The Labute approximate surface area is 148 Å². The zero-order valence-electron chi connectivity index (χ0n) is 11.8. The van der Waals surface area contributed by atoms with Crippen molar-refractivity contribution in [2.45, 2.75) is 0 Å².